The molecule has 0 aromatic heterocycles. The van der Waals surface area contributed by atoms with E-state index >= 15 is 8.78 Å². The number of carboxylic acids is 1. The molecule has 0 aliphatic carbocycles. The number of hydrogen-bond acceptors (Lipinski definition) is 3. The van der Waals surface area contributed by atoms with E-state index in [1.54, 1.807) is 19.9 Å². The van der Waals surface area contributed by atoms with Gasteiger partial charge in [-0.2, -0.15) is 0 Å². The van der Waals surface area contributed by atoms with Gasteiger partial charge in [0.05, 0.1) is 5.69 Å². The van der Waals surface area contributed by atoms with Gasteiger partial charge in [0.15, 0.2) is 23.5 Å². The van der Waals surface area contributed by atoms with Gasteiger partial charge in [-0.25, -0.2) is 22.4 Å². The third-order valence-electron chi connectivity index (χ3n) is 5.23. The fourth-order valence-corrected chi connectivity index (χ4v) is 3.45. The van der Waals surface area contributed by atoms with Crippen LogP contribution in [0.1, 0.15) is 19.4 Å². The molecule has 3 aromatic carbocycles. The summed E-state index contributed by atoms with van der Waals surface area (Å²) in [7, 11) is 1.27. The molecule has 1 N–H and O–H groups in total. The van der Waals surface area contributed by atoms with Crippen molar-refractivity contribution in [3.05, 3.63) is 77.4 Å². The average Bonchev–Trinajstić information content (AvgIpc) is 2.75. The molecule has 4 nitrogen and oxygen atoms in total. The second kappa shape index (κ2) is 9.52. The van der Waals surface area contributed by atoms with Crippen LogP contribution in [0, 0.1) is 36.1 Å². The Kier molecular flexibility index (Phi) is 6.95. The highest BCUT2D eigenvalue weighted by molar-refractivity contribution is 5.75. The maximum absolute atomic E-state index is 15.4. The van der Waals surface area contributed by atoms with Crippen LogP contribution in [0.25, 0.3) is 11.1 Å². The summed E-state index contributed by atoms with van der Waals surface area (Å²) >= 11 is 0. The number of halogens is 4. The van der Waals surface area contributed by atoms with E-state index in [1.807, 2.05) is 0 Å². The lowest BCUT2D eigenvalue weighted by atomic mass is 10.0. The molecule has 3 rings (SSSR count). The van der Waals surface area contributed by atoms with Crippen LogP contribution in [0.15, 0.2) is 48.5 Å². The number of anilines is 2. The number of benzene rings is 3. The van der Waals surface area contributed by atoms with E-state index in [2.05, 4.69) is 0 Å². The Bertz CT molecular complexity index is 1200. The van der Waals surface area contributed by atoms with Crippen LogP contribution in [0.4, 0.5) is 28.9 Å². The predicted octanol–water partition coefficient (Wildman–Crippen LogP) is 6.47. The maximum atomic E-state index is 15.4. The molecule has 0 bridgehead atoms. The summed E-state index contributed by atoms with van der Waals surface area (Å²) in [6.45, 7) is 4.55. The maximum Gasteiger partial charge on any atom is 0.345 e. The lowest BCUT2D eigenvalue weighted by molar-refractivity contribution is -0.147. The van der Waals surface area contributed by atoms with Crippen LogP contribution in [-0.4, -0.2) is 24.2 Å². The van der Waals surface area contributed by atoms with Crippen molar-refractivity contribution < 1.29 is 32.2 Å². The molecule has 8 heteroatoms. The minimum Gasteiger partial charge on any atom is -0.478 e. The number of nitrogens with zero attached hydrogens (tertiary/aromatic N) is 1. The summed E-state index contributed by atoms with van der Waals surface area (Å²) in [5, 5.41) is 9.36. The van der Waals surface area contributed by atoms with Gasteiger partial charge in [0.25, 0.3) is 0 Å². The summed E-state index contributed by atoms with van der Waals surface area (Å²) in [6, 6.07) is 10.6. The Morgan fingerprint density at radius 1 is 0.970 bits per heavy atom. The lowest BCUT2D eigenvalue weighted by Gasteiger charge is -2.25. The molecule has 0 aliphatic rings. The van der Waals surface area contributed by atoms with E-state index in [4.69, 9.17) is 4.74 Å². The van der Waals surface area contributed by atoms with Crippen molar-refractivity contribution in [2.75, 3.05) is 11.9 Å². The molecule has 0 saturated carbocycles. The molecule has 0 fully saturated rings. The molecule has 3 aromatic rings. The van der Waals surface area contributed by atoms with E-state index in [0.717, 1.165) is 17.0 Å². The van der Waals surface area contributed by atoms with Crippen LogP contribution in [0.2, 0.25) is 0 Å². The molecule has 0 amide bonds. The van der Waals surface area contributed by atoms with Gasteiger partial charge in [-0.05, 0) is 53.9 Å². The highest BCUT2D eigenvalue weighted by Gasteiger charge is 2.29. The first-order valence-electron chi connectivity index (χ1n) is 10.2. The second-order valence-electron chi connectivity index (χ2n) is 8.02. The Labute approximate surface area is 189 Å². The van der Waals surface area contributed by atoms with Crippen LogP contribution in [-0.2, 0) is 4.79 Å². The first-order chi connectivity index (χ1) is 15.5. The SMILES string of the molecule is Cc1cc(OC(C(=O)O)C(C)C)c(F)c(N(C)c2cc(-c3cccc(F)c3)ccc2F)c1F. The normalized spacial score (nSPS) is 12.0. The standard InChI is InChI=1S/C25H23F4NO3/c1-13(2)24(25(31)32)33-20-10-14(3)21(28)23(22(20)29)30(4)19-12-16(8-9-18(19)27)15-6-5-7-17(26)11-15/h5-13,24H,1-4H3,(H,31,32). The highest BCUT2D eigenvalue weighted by Crippen LogP contribution is 2.39. The Morgan fingerprint density at radius 3 is 2.24 bits per heavy atom. The Morgan fingerprint density at radius 2 is 1.64 bits per heavy atom. The van der Waals surface area contributed by atoms with E-state index in [0.29, 0.717) is 11.1 Å². The van der Waals surface area contributed by atoms with Crippen LogP contribution >= 0.6 is 0 Å². The quantitative estimate of drug-likeness (QED) is 0.410. The van der Waals surface area contributed by atoms with Gasteiger partial charge in [0.1, 0.15) is 17.3 Å². The van der Waals surface area contributed by atoms with Crippen molar-refractivity contribution in [1.29, 1.82) is 0 Å². The van der Waals surface area contributed by atoms with Crippen LogP contribution < -0.4 is 9.64 Å². The number of ether oxygens (including phenoxy) is 1. The molecule has 0 radical (unpaired) electrons. The summed E-state index contributed by atoms with van der Waals surface area (Å²) in [6.07, 6.45) is -1.37. The van der Waals surface area contributed by atoms with Crippen molar-refractivity contribution in [1.82, 2.24) is 0 Å². The third kappa shape index (κ3) is 4.94. The van der Waals surface area contributed by atoms with Gasteiger partial charge in [-0.15, -0.1) is 0 Å². The molecule has 1 unspecified atom stereocenters. The zero-order valence-corrected chi connectivity index (χ0v) is 18.5. The second-order valence-corrected chi connectivity index (χ2v) is 8.02. The molecule has 0 aliphatic heterocycles. The fourth-order valence-electron chi connectivity index (χ4n) is 3.45. The molecule has 0 saturated heterocycles. The molecule has 0 spiro atoms. The topological polar surface area (TPSA) is 49.8 Å². The highest BCUT2D eigenvalue weighted by atomic mass is 19.1. The minimum absolute atomic E-state index is 0.0113. The van der Waals surface area contributed by atoms with Crippen LogP contribution in [0.3, 0.4) is 0 Å². The number of carboxylic acid groups (broad SMARTS) is 1. The Balaban J connectivity index is 2.10. The first-order valence-corrected chi connectivity index (χ1v) is 10.2. The summed E-state index contributed by atoms with van der Waals surface area (Å²) in [4.78, 5) is 12.5. The first kappa shape index (κ1) is 24.1. The van der Waals surface area contributed by atoms with Gasteiger partial charge < -0.3 is 14.7 Å². The molecule has 1 atom stereocenters. The van der Waals surface area contributed by atoms with Crippen molar-refractivity contribution in [2.24, 2.45) is 5.92 Å². The monoisotopic (exact) mass is 461 g/mol. The number of aliphatic carboxylic acids is 1. The number of aryl methyl sites for hydroxylation is 1. The zero-order chi connectivity index (χ0) is 24.4. The van der Waals surface area contributed by atoms with E-state index in [1.165, 1.54) is 44.3 Å². The molecular weight excluding hydrogens is 438 g/mol. The fraction of sp³-hybridized carbons (Fsp3) is 0.240. The molecule has 33 heavy (non-hydrogen) atoms. The number of carbonyl (C=O) groups is 1. The van der Waals surface area contributed by atoms with Crippen molar-refractivity contribution in [2.45, 2.75) is 26.9 Å². The van der Waals surface area contributed by atoms with Crippen LogP contribution in [0.5, 0.6) is 5.75 Å². The van der Waals surface area contributed by atoms with E-state index in [-0.39, 0.29) is 11.3 Å². The van der Waals surface area contributed by atoms with Gasteiger partial charge >= 0.3 is 5.97 Å². The molecule has 0 heterocycles. The smallest absolute Gasteiger partial charge is 0.345 e. The largest absolute Gasteiger partial charge is 0.478 e. The zero-order valence-electron chi connectivity index (χ0n) is 18.5. The summed E-state index contributed by atoms with van der Waals surface area (Å²) in [5.74, 6) is -5.60. The predicted molar refractivity (Wildman–Crippen MR) is 118 cm³/mol. The third-order valence-corrected chi connectivity index (χ3v) is 5.23. The minimum atomic E-state index is -1.37. The lowest BCUT2D eigenvalue weighted by Crippen LogP contribution is -2.32. The number of hydrogen-bond donors (Lipinski definition) is 1. The number of rotatable bonds is 7. The van der Waals surface area contributed by atoms with Gasteiger partial charge in [-0.3, -0.25) is 0 Å². The van der Waals surface area contributed by atoms with E-state index < -0.39 is 52.7 Å². The van der Waals surface area contributed by atoms with Gasteiger partial charge in [0.2, 0.25) is 0 Å². The molecular formula is C25H23F4NO3. The summed E-state index contributed by atoms with van der Waals surface area (Å²) < 4.78 is 64.1. The molecule has 174 valence electrons. The van der Waals surface area contributed by atoms with Gasteiger partial charge in [0, 0.05) is 13.0 Å². The van der Waals surface area contributed by atoms with Gasteiger partial charge in [-0.1, -0.05) is 32.0 Å². The van der Waals surface area contributed by atoms with Crippen molar-refractivity contribution in [3.63, 3.8) is 0 Å². The van der Waals surface area contributed by atoms with E-state index in [9.17, 15) is 18.7 Å². The van der Waals surface area contributed by atoms with Crippen molar-refractivity contribution in [3.8, 4) is 16.9 Å². The average molecular weight is 461 g/mol. The Hall–Kier alpha value is -3.55. The van der Waals surface area contributed by atoms with Crippen molar-refractivity contribution >= 4 is 17.3 Å². The summed E-state index contributed by atoms with van der Waals surface area (Å²) in [5.41, 5.74) is 0.120.